The quantitative estimate of drug-likeness (QED) is 0.842. The minimum atomic E-state index is -3.48. The Morgan fingerprint density at radius 3 is 2.52 bits per heavy atom. The van der Waals surface area contributed by atoms with E-state index in [-0.39, 0.29) is 6.04 Å². The largest absolute Gasteiger partial charge is 0.387 e. The van der Waals surface area contributed by atoms with Gasteiger partial charge in [0.2, 0.25) is 10.0 Å². The summed E-state index contributed by atoms with van der Waals surface area (Å²) in [6.07, 6.45) is 3.70. The molecule has 1 atom stereocenters. The molecule has 0 radical (unpaired) electrons. The van der Waals surface area contributed by atoms with Crippen LogP contribution in [0.3, 0.4) is 0 Å². The van der Waals surface area contributed by atoms with Crippen LogP contribution in [-0.2, 0) is 10.0 Å². The van der Waals surface area contributed by atoms with Crippen LogP contribution in [-0.4, -0.2) is 46.0 Å². The molecule has 0 amide bonds. The molecule has 5 nitrogen and oxygen atoms in total. The van der Waals surface area contributed by atoms with Gasteiger partial charge >= 0.3 is 0 Å². The molecule has 2 rings (SSSR count). The number of para-hydroxylation sites is 1. The first-order valence-corrected chi connectivity index (χ1v) is 9.03. The lowest BCUT2D eigenvalue weighted by Crippen LogP contribution is -2.44. The van der Waals surface area contributed by atoms with Crippen molar-refractivity contribution < 1.29 is 8.42 Å². The van der Waals surface area contributed by atoms with Crippen molar-refractivity contribution in [1.29, 1.82) is 0 Å². The maximum Gasteiger partial charge on any atom is 0.242 e. The maximum absolute atomic E-state index is 12.4. The molecule has 1 heterocycles. The van der Waals surface area contributed by atoms with Gasteiger partial charge < -0.3 is 5.32 Å². The van der Waals surface area contributed by atoms with E-state index >= 15 is 0 Å². The Morgan fingerprint density at radius 1 is 1.19 bits per heavy atom. The number of nitrogens with one attached hydrogen (secondary N) is 2. The highest BCUT2D eigenvalue weighted by Gasteiger charge is 2.21. The van der Waals surface area contributed by atoms with E-state index in [2.05, 4.69) is 21.9 Å². The average molecular weight is 311 g/mol. The number of sulfonamides is 1. The van der Waals surface area contributed by atoms with Crippen molar-refractivity contribution in [2.75, 3.05) is 32.0 Å². The molecular formula is C15H25N3O2S. The highest BCUT2D eigenvalue weighted by Crippen LogP contribution is 2.20. The number of hydrogen-bond donors (Lipinski definition) is 2. The van der Waals surface area contributed by atoms with Crippen LogP contribution in [0.5, 0.6) is 0 Å². The van der Waals surface area contributed by atoms with E-state index in [9.17, 15) is 8.42 Å². The molecular weight excluding hydrogens is 286 g/mol. The number of nitrogens with zero attached hydrogens (tertiary/aromatic N) is 1. The molecule has 0 bridgehead atoms. The average Bonchev–Trinajstić information content (AvgIpc) is 2.53. The van der Waals surface area contributed by atoms with E-state index in [1.54, 1.807) is 25.2 Å². The fourth-order valence-corrected chi connectivity index (χ4v) is 4.04. The van der Waals surface area contributed by atoms with E-state index in [1.807, 2.05) is 6.07 Å². The molecule has 1 saturated heterocycles. The summed E-state index contributed by atoms with van der Waals surface area (Å²) in [5.74, 6) is 0. The molecule has 2 N–H and O–H groups in total. The third kappa shape index (κ3) is 4.18. The van der Waals surface area contributed by atoms with Crippen LogP contribution in [0.25, 0.3) is 0 Å². The Labute approximate surface area is 127 Å². The number of anilines is 1. The van der Waals surface area contributed by atoms with Gasteiger partial charge in [0.15, 0.2) is 0 Å². The van der Waals surface area contributed by atoms with Crippen molar-refractivity contribution in [1.82, 2.24) is 9.62 Å². The SMILES string of the molecule is CNc1ccccc1S(=O)(=O)NCC(C)N1CCCCC1. The molecule has 0 spiro atoms. The first kappa shape index (κ1) is 16.3. The van der Waals surface area contributed by atoms with Gasteiger partial charge in [-0.15, -0.1) is 0 Å². The fourth-order valence-electron chi connectivity index (χ4n) is 2.70. The Balaban J connectivity index is 2.00. The summed E-state index contributed by atoms with van der Waals surface area (Å²) in [4.78, 5) is 2.66. The second kappa shape index (κ2) is 7.24. The van der Waals surface area contributed by atoms with E-state index in [0.29, 0.717) is 17.1 Å². The van der Waals surface area contributed by atoms with Gasteiger partial charge in [-0.25, -0.2) is 13.1 Å². The molecule has 1 fully saturated rings. The Bertz CT molecular complexity index is 554. The lowest BCUT2D eigenvalue weighted by molar-refractivity contribution is 0.175. The topological polar surface area (TPSA) is 61.4 Å². The minimum absolute atomic E-state index is 0.224. The fraction of sp³-hybridized carbons (Fsp3) is 0.600. The standard InChI is InChI=1S/C15H25N3O2S/c1-13(18-10-6-3-7-11-18)12-17-21(19,20)15-9-5-4-8-14(15)16-2/h4-5,8-9,13,16-17H,3,6-7,10-12H2,1-2H3. The van der Waals surface area contributed by atoms with Crippen LogP contribution in [0.1, 0.15) is 26.2 Å². The van der Waals surface area contributed by atoms with Gasteiger partial charge in [0.1, 0.15) is 4.90 Å². The predicted molar refractivity (Wildman–Crippen MR) is 86.1 cm³/mol. The molecule has 1 aliphatic heterocycles. The molecule has 1 aliphatic rings. The number of benzene rings is 1. The summed E-state index contributed by atoms with van der Waals surface area (Å²) in [7, 11) is -1.75. The smallest absolute Gasteiger partial charge is 0.242 e. The van der Waals surface area contributed by atoms with Crippen LogP contribution < -0.4 is 10.0 Å². The molecule has 0 aromatic heterocycles. The first-order valence-electron chi connectivity index (χ1n) is 7.55. The molecule has 0 aliphatic carbocycles. The first-order chi connectivity index (χ1) is 10.0. The minimum Gasteiger partial charge on any atom is -0.387 e. The number of piperidine rings is 1. The third-order valence-corrected chi connectivity index (χ3v) is 5.51. The summed E-state index contributed by atoms with van der Waals surface area (Å²) in [6, 6.07) is 7.18. The van der Waals surface area contributed by atoms with Crippen LogP contribution in [0.15, 0.2) is 29.2 Å². The highest BCUT2D eigenvalue weighted by molar-refractivity contribution is 7.89. The van der Waals surface area contributed by atoms with E-state index in [1.165, 1.54) is 19.3 Å². The van der Waals surface area contributed by atoms with Crippen LogP contribution in [0, 0.1) is 0 Å². The van der Waals surface area contributed by atoms with Crippen LogP contribution in [0.2, 0.25) is 0 Å². The zero-order valence-electron chi connectivity index (χ0n) is 12.8. The van der Waals surface area contributed by atoms with E-state index in [0.717, 1.165) is 13.1 Å². The van der Waals surface area contributed by atoms with Gasteiger partial charge in [0.05, 0.1) is 5.69 Å². The van der Waals surface area contributed by atoms with Crippen LogP contribution >= 0.6 is 0 Å². The summed E-state index contributed by atoms with van der Waals surface area (Å²) in [5, 5.41) is 2.92. The molecule has 1 aromatic rings. The van der Waals surface area contributed by atoms with Crippen molar-refractivity contribution in [2.24, 2.45) is 0 Å². The maximum atomic E-state index is 12.4. The van der Waals surface area contributed by atoms with Gasteiger partial charge in [-0.1, -0.05) is 18.6 Å². The predicted octanol–water partition coefficient (Wildman–Crippen LogP) is 1.88. The van der Waals surface area contributed by atoms with Crippen molar-refractivity contribution >= 4 is 15.7 Å². The van der Waals surface area contributed by atoms with E-state index in [4.69, 9.17) is 0 Å². The van der Waals surface area contributed by atoms with Gasteiger partial charge in [0.25, 0.3) is 0 Å². The summed E-state index contributed by atoms with van der Waals surface area (Å²) >= 11 is 0. The normalized spacial score (nSPS) is 18.4. The van der Waals surface area contributed by atoms with Crippen LogP contribution in [0.4, 0.5) is 5.69 Å². The van der Waals surface area contributed by atoms with Gasteiger partial charge in [0, 0.05) is 19.6 Å². The summed E-state index contributed by atoms with van der Waals surface area (Å²) < 4.78 is 27.6. The van der Waals surface area contributed by atoms with Crippen molar-refractivity contribution in [3.05, 3.63) is 24.3 Å². The van der Waals surface area contributed by atoms with Crippen molar-refractivity contribution in [3.63, 3.8) is 0 Å². The van der Waals surface area contributed by atoms with Gasteiger partial charge in [-0.2, -0.15) is 0 Å². The zero-order valence-corrected chi connectivity index (χ0v) is 13.6. The summed E-state index contributed by atoms with van der Waals surface area (Å²) in [6.45, 7) is 4.66. The molecule has 0 saturated carbocycles. The Hall–Kier alpha value is -1.11. The Morgan fingerprint density at radius 2 is 1.86 bits per heavy atom. The molecule has 6 heteroatoms. The molecule has 1 aromatic carbocycles. The second-order valence-electron chi connectivity index (χ2n) is 5.54. The number of likely N-dealkylation sites (tertiary alicyclic amines) is 1. The van der Waals surface area contributed by atoms with Crippen molar-refractivity contribution in [2.45, 2.75) is 37.1 Å². The zero-order chi connectivity index (χ0) is 15.3. The third-order valence-electron chi connectivity index (χ3n) is 4.03. The lowest BCUT2D eigenvalue weighted by Gasteiger charge is -2.32. The van der Waals surface area contributed by atoms with Gasteiger partial charge in [-0.3, -0.25) is 4.90 Å². The molecule has 118 valence electrons. The molecule has 21 heavy (non-hydrogen) atoms. The van der Waals surface area contributed by atoms with Crippen molar-refractivity contribution in [3.8, 4) is 0 Å². The number of rotatable bonds is 6. The second-order valence-corrected chi connectivity index (χ2v) is 7.28. The number of hydrogen-bond acceptors (Lipinski definition) is 4. The highest BCUT2D eigenvalue weighted by atomic mass is 32.2. The lowest BCUT2D eigenvalue weighted by atomic mass is 10.1. The van der Waals surface area contributed by atoms with Gasteiger partial charge in [-0.05, 0) is 45.0 Å². The Kier molecular flexibility index (Phi) is 5.61. The monoisotopic (exact) mass is 311 g/mol. The summed E-state index contributed by atoms with van der Waals surface area (Å²) in [5.41, 5.74) is 0.621. The van der Waals surface area contributed by atoms with E-state index < -0.39 is 10.0 Å². The molecule has 1 unspecified atom stereocenters.